The summed E-state index contributed by atoms with van der Waals surface area (Å²) in [5, 5.41) is 28.5. The summed E-state index contributed by atoms with van der Waals surface area (Å²) in [6.07, 6.45) is -0.932. The predicted molar refractivity (Wildman–Crippen MR) is 99.2 cm³/mol. The highest BCUT2D eigenvalue weighted by molar-refractivity contribution is 5.96. The van der Waals surface area contributed by atoms with Gasteiger partial charge in [-0.2, -0.15) is 0 Å². The second kappa shape index (κ2) is 7.74. The number of carbonyl (C=O) groups is 1. The number of carbonyl (C=O) groups excluding carboxylic acids is 1. The Morgan fingerprint density at radius 1 is 1.21 bits per heavy atom. The van der Waals surface area contributed by atoms with Gasteiger partial charge in [0, 0.05) is 17.5 Å². The fourth-order valence-electron chi connectivity index (χ4n) is 2.46. The number of hydrogen-bond donors (Lipinski definition) is 2. The molecule has 10 nitrogen and oxygen atoms in total. The van der Waals surface area contributed by atoms with Crippen molar-refractivity contribution < 1.29 is 24.3 Å². The van der Waals surface area contributed by atoms with Crippen molar-refractivity contribution in [3.8, 4) is 17.4 Å². The monoisotopic (exact) mass is 384 g/mol. The van der Waals surface area contributed by atoms with Crippen LogP contribution in [0.4, 0.5) is 11.4 Å². The molecule has 10 heteroatoms. The van der Waals surface area contributed by atoms with Crippen LogP contribution in [0.2, 0.25) is 0 Å². The minimum atomic E-state index is -0.932. The Kier molecular flexibility index (Phi) is 5.21. The van der Waals surface area contributed by atoms with Crippen molar-refractivity contribution in [2.24, 2.45) is 10.2 Å². The van der Waals surface area contributed by atoms with Crippen molar-refractivity contribution in [2.75, 3.05) is 7.11 Å². The number of azo groups is 1. The van der Waals surface area contributed by atoms with Gasteiger partial charge in [-0.05, 0) is 37.3 Å². The molecule has 0 radical (unpaired) electrons. The van der Waals surface area contributed by atoms with Gasteiger partial charge in [0.25, 0.3) is 5.69 Å². The maximum Gasteiger partial charge on any atom is 0.304 e. The van der Waals surface area contributed by atoms with Crippen LogP contribution in [0, 0.1) is 10.1 Å². The van der Waals surface area contributed by atoms with Gasteiger partial charge >= 0.3 is 5.91 Å². The molecule has 0 saturated heterocycles. The molecule has 1 unspecified atom stereocenters. The Hall–Kier alpha value is -3.95. The summed E-state index contributed by atoms with van der Waals surface area (Å²) in [5.41, 5.74) is 0.182. The molecule has 0 fully saturated rings. The van der Waals surface area contributed by atoms with Gasteiger partial charge in [-0.25, -0.2) is 0 Å². The fourth-order valence-corrected chi connectivity index (χ4v) is 2.46. The lowest BCUT2D eigenvalue weighted by Crippen LogP contribution is -2.21. The van der Waals surface area contributed by atoms with Gasteiger partial charge in [-0.1, -0.05) is 0 Å². The number of fused-ring (bicyclic) bond motifs is 1. The number of ether oxygens (including phenoxy) is 2. The zero-order chi connectivity index (χ0) is 20.3. The van der Waals surface area contributed by atoms with E-state index in [9.17, 15) is 20.0 Å². The number of benzene rings is 2. The first-order valence-corrected chi connectivity index (χ1v) is 8.14. The number of H-pyrrole nitrogens is 1. The third-order valence-electron chi connectivity index (χ3n) is 3.92. The molecule has 1 aromatic heterocycles. The second-order valence-corrected chi connectivity index (χ2v) is 5.78. The van der Waals surface area contributed by atoms with E-state index in [0.717, 1.165) is 0 Å². The molecule has 144 valence electrons. The third-order valence-corrected chi connectivity index (χ3v) is 3.92. The van der Waals surface area contributed by atoms with Crippen LogP contribution >= 0.6 is 0 Å². The van der Waals surface area contributed by atoms with Crippen LogP contribution in [-0.2, 0) is 4.79 Å². The largest absolute Gasteiger partial charge is 0.497 e. The molecule has 1 heterocycles. The minimum absolute atomic E-state index is 0.0660. The van der Waals surface area contributed by atoms with Crippen LogP contribution in [-0.4, -0.2) is 34.1 Å². The first-order chi connectivity index (χ1) is 13.4. The van der Waals surface area contributed by atoms with E-state index in [4.69, 9.17) is 9.47 Å². The smallest absolute Gasteiger partial charge is 0.304 e. The van der Waals surface area contributed by atoms with Crippen LogP contribution in [0.25, 0.3) is 10.9 Å². The number of rotatable bonds is 6. The van der Waals surface area contributed by atoms with Crippen LogP contribution < -0.4 is 9.47 Å². The van der Waals surface area contributed by atoms with Crippen LogP contribution in [0.1, 0.15) is 6.92 Å². The Morgan fingerprint density at radius 2 is 1.89 bits per heavy atom. The van der Waals surface area contributed by atoms with E-state index >= 15 is 0 Å². The lowest BCUT2D eigenvalue weighted by molar-refractivity contribution is -0.384. The maximum absolute atomic E-state index is 12.2. The standard InChI is InChI=1S/C18H16N4O6/c1-10(28-13-6-4-12(27-2)5-7-13)17(23)21-20-16-14-9-11(22(25)26)3-8-15(14)19-18(16)24/h3-10,19,24H,1-2H3. The molecule has 0 aliphatic heterocycles. The Labute approximate surface area is 158 Å². The molecule has 0 aliphatic rings. The van der Waals surface area contributed by atoms with Crippen molar-refractivity contribution in [3.63, 3.8) is 0 Å². The molecule has 0 aliphatic carbocycles. The van der Waals surface area contributed by atoms with Gasteiger partial charge < -0.3 is 19.6 Å². The number of nitro groups is 1. The molecule has 0 saturated carbocycles. The van der Waals surface area contributed by atoms with E-state index in [0.29, 0.717) is 17.0 Å². The molecule has 1 atom stereocenters. The van der Waals surface area contributed by atoms with Crippen molar-refractivity contribution >= 4 is 28.2 Å². The number of aromatic nitrogens is 1. The summed E-state index contributed by atoms with van der Waals surface area (Å²) in [5.74, 6) is 0.0584. The summed E-state index contributed by atoms with van der Waals surface area (Å²) in [6.45, 7) is 1.51. The number of aromatic hydroxyl groups is 1. The van der Waals surface area contributed by atoms with E-state index in [-0.39, 0.29) is 22.6 Å². The number of amides is 1. The molecule has 2 aromatic carbocycles. The molecule has 28 heavy (non-hydrogen) atoms. The lowest BCUT2D eigenvalue weighted by atomic mass is 10.2. The van der Waals surface area contributed by atoms with E-state index in [2.05, 4.69) is 15.2 Å². The molecule has 1 amide bonds. The number of hydrogen-bond acceptors (Lipinski definition) is 7. The van der Waals surface area contributed by atoms with Gasteiger partial charge in [0.1, 0.15) is 11.5 Å². The summed E-state index contributed by atoms with van der Waals surface area (Å²) >= 11 is 0. The highest BCUT2D eigenvalue weighted by Crippen LogP contribution is 2.37. The minimum Gasteiger partial charge on any atom is -0.497 e. The van der Waals surface area contributed by atoms with Crippen molar-refractivity contribution in [2.45, 2.75) is 13.0 Å². The fraction of sp³-hybridized carbons (Fsp3) is 0.167. The highest BCUT2D eigenvalue weighted by Gasteiger charge is 2.18. The van der Waals surface area contributed by atoms with Crippen molar-refractivity contribution in [1.82, 2.24) is 4.98 Å². The molecule has 3 rings (SSSR count). The normalized spacial score (nSPS) is 12.2. The zero-order valence-corrected chi connectivity index (χ0v) is 14.9. The zero-order valence-electron chi connectivity index (χ0n) is 14.9. The first-order valence-electron chi connectivity index (χ1n) is 8.14. The van der Waals surface area contributed by atoms with Crippen molar-refractivity contribution in [3.05, 3.63) is 52.6 Å². The number of methoxy groups -OCH3 is 1. The van der Waals surface area contributed by atoms with Gasteiger partial charge in [0.05, 0.1) is 17.5 Å². The molecular formula is C18H16N4O6. The van der Waals surface area contributed by atoms with Crippen molar-refractivity contribution in [1.29, 1.82) is 0 Å². The average Bonchev–Trinajstić information content (AvgIpc) is 3.00. The van der Waals surface area contributed by atoms with Crippen LogP contribution in [0.15, 0.2) is 52.7 Å². The van der Waals surface area contributed by atoms with Gasteiger partial charge in [0.15, 0.2) is 11.8 Å². The summed E-state index contributed by atoms with van der Waals surface area (Å²) in [6, 6.07) is 10.6. The topological polar surface area (TPSA) is 139 Å². The third kappa shape index (κ3) is 3.90. The molecule has 3 aromatic rings. The quantitative estimate of drug-likeness (QED) is 0.376. The van der Waals surface area contributed by atoms with Gasteiger partial charge in [0.2, 0.25) is 5.88 Å². The first kappa shape index (κ1) is 18.8. The molecular weight excluding hydrogens is 368 g/mol. The summed E-state index contributed by atoms with van der Waals surface area (Å²) in [7, 11) is 1.54. The maximum atomic E-state index is 12.2. The molecule has 0 spiro atoms. The summed E-state index contributed by atoms with van der Waals surface area (Å²) < 4.78 is 10.5. The lowest BCUT2D eigenvalue weighted by Gasteiger charge is -2.11. The Bertz CT molecular complexity index is 1060. The number of nitro benzene ring substituents is 1. The van der Waals surface area contributed by atoms with E-state index in [1.807, 2.05) is 0 Å². The molecule has 2 N–H and O–H groups in total. The average molecular weight is 384 g/mol. The number of aromatic amines is 1. The van der Waals surface area contributed by atoms with Gasteiger partial charge in [-0.15, -0.1) is 10.2 Å². The van der Waals surface area contributed by atoms with Crippen LogP contribution in [0.3, 0.4) is 0 Å². The van der Waals surface area contributed by atoms with E-state index < -0.39 is 16.9 Å². The molecule has 0 bridgehead atoms. The number of nitrogens with zero attached hydrogens (tertiary/aromatic N) is 3. The van der Waals surface area contributed by atoms with Gasteiger partial charge in [-0.3, -0.25) is 14.9 Å². The number of non-ortho nitro benzene ring substituents is 1. The Balaban J connectivity index is 1.78. The Morgan fingerprint density at radius 3 is 2.54 bits per heavy atom. The second-order valence-electron chi connectivity index (χ2n) is 5.78. The number of nitrogens with one attached hydrogen (secondary N) is 1. The summed E-state index contributed by atoms with van der Waals surface area (Å²) in [4.78, 5) is 25.2. The van der Waals surface area contributed by atoms with Crippen LogP contribution in [0.5, 0.6) is 17.4 Å². The SMILES string of the molecule is COc1ccc(OC(C)C(=O)N=Nc2c(O)[nH]c3ccc([N+](=O)[O-])cc23)cc1. The van der Waals surface area contributed by atoms with E-state index in [1.165, 1.54) is 32.2 Å². The van der Waals surface area contributed by atoms with E-state index in [1.54, 1.807) is 24.3 Å². The predicted octanol–water partition coefficient (Wildman–Crippen LogP) is 3.87. The highest BCUT2D eigenvalue weighted by atomic mass is 16.6.